The molecule has 0 spiro atoms. The number of fused-ring (bicyclic) bond motifs is 1. The highest BCUT2D eigenvalue weighted by Crippen LogP contribution is 2.59. The number of amides is 1. The second kappa shape index (κ2) is 5.27. The number of benzene rings is 1. The molecule has 4 bridgehead atoms. The van der Waals surface area contributed by atoms with Crippen LogP contribution in [-0.4, -0.2) is 22.4 Å². The summed E-state index contributed by atoms with van der Waals surface area (Å²) in [5.41, 5.74) is 2.39. The fourth-order valence-electron chi connectivity index (χ4n) is 5.93. The van der Waals surface area contributed by atoms with E-state index in [1.807, 2.05) is 24.3 Å². The molecule has 1 N–H and O–H groups in total. The lowest BCUT2D eigenvalue weighted by Gasteiger charge is -2.56. The van der Waals surface area contributed by atoms with Crippen molar-refractivity contribution in [1.29, 1.82) is 0 Å². The minimum Gasteiger partial charge on any atom is -0.350 e. The average molecular weight is 321 g/mol. The Kier molecular flexibility index (Phi) is 3.15. The zero-order chi connectivity index (χ0) is 16.1. The average Bonchev–Trinajstić information content (AvgIpc) is 2.58. The van der Waals surface area contributed by atoms with Crippen LogP contribution in [0.15, 0.2) is 30.5 Å². The van der Waals surface area contributed by atoms with E-state index in [0.29, 0.717) is 11.1 Å². The lowest BCUT2D eigenvalue weighted by Crippen LogP contribution is -2.51. The molecule has 0 saturated heterocycles. The smallest absolute Gasteiger partial charge is 0.271 e. The summed E-state index contributed by atoms with van der Waals surface area (Å²) in [6.07, 6.45) is 9.82. The lowest BCUT2D eigenvalue weighted by molar-refractivity contribution is -0.0503. The first kappa shape index (κ1) is 14.4. The van der Waals surface area contributed by atoms with E-state index < -0.39 is 0 Å². The van der Waals surface area contributed by atoms with E-state index in [9.17, 15) is 4.79 Å². The van der Waals surface area contributed by atoms with Crippen molar-refractivity contribution in [1.82, 2.24) is 15.3 Å². The number of nitrogens with zero attached hydrogens (tertiary/aromatic N) is 2. The van der Waals surface area contributed by atoms with Crippen molar-refractivity contribution < 1.29 is 4.79 Å². The number of hydrogen-bond acceptors (Lipinski definition) is 3. The Morgan fingerprint density at radius 2 is 1.67 bits per heavy atom. The highest BCUT2D eigenvalue weighted by atomic mass is 16.1. The number of aromatic nitrogens is 2. The van der Waals surface area contributed by atoms with Crippen molar-refractivity contribution in [2.45, 2.75) is 38.5 Å². The molecule has 2 aromatic rings. The Morgan fingerprint density at radius 1 is 1.04 bits per heavy atom. The molecule has 4 aliphatic carbocycles. The van der Waals surface area contributed by atoms with Crippen LogP contribution in [0.3, 0.4) is 0 Å². The number of carbonyl (C=O) groups excluding carboxylic acids is 1. The van der Waals surface area contributed by atoms with E-state index >= 15 is 0 Å². The van der Waals surface area contributed by atoms with Crippen LogP contribution in [0.5, 0.6) is 0 Å². The molecule has 0 atom stereocenters. The molecule has 124 valence electrons. The van der Waals surface area contributed by atoms with Gasteiger partial charge < -0.3 is 5.32 Å². The third-order valence-electron chi connectivity index (χ3n) is 6.47. The summed E-state index contributed by atoms with van der Waals surface area (Å²) in [5.74, 6) is 2.65. The molecule has 1 aromatic heterocycles. The molecule has 1 heterocycles. The summed E-state index contributed by atoms with van der Waals surface area (Å²) in [5, 5.41) is 3.18. The fourth-order valence-corrected chi connectivity index (χ4v) is 5.93. The molecule has 0 unspecified atom stereocenters. The first-order valence-electron chi connectivity index (χ1n) is 9.19. The predicted molar refractivity (Wildman–Crippen MR) is 92.5 cm³/mol. The molecule has 4 fully saturated rings. The van der Waals surface area contributed by atoms with Gasteiger partial charge in [-0.1, -0.05) is 12.1 Å². The molecule has 4 nitrogen and oxygen atoms in total. The summed E-state index contributed by atoms with van der Waals surface area (Å²) in [6, 6.07) is 7.68. The summed E-state index contributed by atoms with van der Waals surface area (Å²) < 4.78 is 0. The van der Waals surface area contributed by atoms with Crippen LogP contribution in [0, 0.1) is 23.2 Å². The first-order chi connectivity index (χ1) is 11.7. The Labute approximate surface area is 142 Å². The first-order valence-corrected chi connectivity index (χ1v) is 9.19. The summed E-state index contributed by atoms with van der Waals surface area (Å²) in [7, 11) is 0. The van der Waals surface area contributed by atoms with Gasteiger partial charge in [0.15, 0.2) is 0 Å². The zero-order valence-electron chi connectivity index (χ0n) is 13.9. The van der Waals surface area contributed by atoms with Crippen molar-refractivity contribution in [3.8, 4) is 0 Å². The van der Waals surface area contributed by atoms with E-state index in [1.165, 1.54) is 38.5 Å². The van der Waals surface area contributed by atoms with E-state index in [2.05, 4.69) is 15.3 Å². The van der Waals surface area contributed by atoms with Crippen LogP contribution in [0.1, 0.15) is 49.0 Å². The number of para-hydroxylation sites is 2. The molecular weight excluding hydrogens is 298 g/mol. The van der Waals surface area contributed by atoms with Gasteiger partial charge in [-0.05, 0) is 73.8 Å². The van der Waals surface area contributed by atoms with Crippen LogP contribution >= 0.6 is 0 Å². The summed E-state index contributed by atoms with van der Waals surface area (Å²) >= 11 is 0. The normalized spacial score (nSPS) is 33.8. The maximum absolute atomic E-state index is 12.6. The quantitative estimate of drug-likeness (QED) is 0.940. The number of carbonyl (C=O) groups is 1. The monoisotopic (exact) mass is 321 g/mol. The minimum absolute atomic E-state index is 0.0796. The van der Waals surface area contributed by atoms with Gasteiger partial charge in [0, 0.05) is 6.54 Å². The van der Waals surface area contributed by atoms with Gasteiger partial charge in [-0.25, -0.2) is 4.98 Å². The van der Waals surface area contributed by atoms with E-state index in [1.54, 1.807) is 6.20 Å². The van der Waals surface area contributed by atoms with Crippen LogP contribution < -0.4 is 5.32 Å². The molecule has 24 heavy (non-hydrogen) atoms. The summed E-state index contributed by atoms with van der Waals surface area (Å²) in [6.45, 7) is 0.809. The van der Waals surface area contributed by atoms with Crippen LogP contribution in [0.25, 0.3) is 11.0 Å². The highest BCUT2D eigenvalue weighted by Gasteiger charge is 2.50. The topological polar surface area (TPSA) is 54.9 Å². The molecule has 0 aliphatic heterocycles. The third-order valence-corrected chi connectivity index (χ3v) is 6.47. The Morgan fingerprint density at radius 3 is 2.33 bits per heavy atom. The van der Waals surface area contributed by atoms with Gasteiger partial charge in [0.05, 0.1) is 17.2 Å². The van der Waals surface area contributed by atoms with Crippen LogP contribution in [-0.2, 0) is 0 Å². The molecular formula is C20H23N3O. The van der Waals surface area contributed by atoms with Gasteiger partial charge in [-0.3, -0.25) is 9.78 Å². The predicted octanol–water partition coefficient (Wildman–Crippen LogP) is 3.58. The van der Waals surface area contributed by atoms with Gasteiger partial charge in [-0.15, -0.1) is 0 Å². The molecule has 1 aromatic carbocycles. The molecule has 6 rings (SSSR count). The van der Waals surface area contributed by atoms with Crippen molar-refractivity contribution >= 4 is 16.9 Å². The van der Waals surface area contributed by atoms with Gasteiger partial charge in [0.2, 0.25) is 0 Å². The maximum atomic E-state index is 12.6. The van der Waals surface area contributed by atoms with Crippen molar-refractivity contribution in [2.24, 2.45) is 23.2 Å². The van der Waals surface area contributed by atoms with Crippen LogP contribution in [0.4, 0.5) is 0 Å². The highest BCUT2D eigenvalue weighted by molar-refractivity contribution is 5.93. The van der Waals surface area contributed by atoms with Crippen molar-refractivity contribution in [3.63, 3.8) is 0 Å². The van der Waals surface area contributed by atoms with Crippen molar-refractivity contribution in [3.05, 3.63) is 36.2 Å². The van der Waals surface area contributed by atoms with Gasteiger partial charge in [0.25, 0.3) is 5.91 Å². The standard InChI is InChI=1S/C20H23N3O/c24-19(18-11-21-16-3-1-2-4-17(16)23-18)22-12-20-8-13-5-14(9-20)7-15(6-13)10-20/h1-4,11,13-15H,5-10,12H2,(H,22,24). The molecule has 1 amide bonds. The number of hydrogen-bond donors (Lipinski definition) is 1. The summed E-state index contributed by atoms with van der Waals surface area (Å²) in [4.78, 5) is 21.4. The second-order valence-electron chi connectivity index (χ2n) is 8.34. The maximum Gasteiger partial charge on any atom is 0.271 e. The minimum atomic E-state index is -0.0796. The van der Waals surface area contributed by atoms with Gasteiger partial charge in [-0.2, -0.15) is 0 Å². The lowest BCUT2D eigenvalue weighted by atomic mass is 9.49. The van der Waals surface area contributed by atoms with E-state index in [-0.39, 0.29) is 5.91 Å². The number of rotatable bonds is 3. The fraction of sp³-hybridized carbons (Fsp3) is 0.550. The van der Waals surface area contributed by atoms with Gasteiger partial charge >= 0.3 is 0 Å². The second-order valence-corrected chi connectivity index (χ2v) is 8.34. The molecule has 0 radical (unpaired) electrons. The zero-order valence-corrected chi connectivity index (χ0v) is 13.9. The Balaban J connectivity index is 1.31. The Bertz CT molecular complexity index is 765. The van der Waals surface area contributed by atoms with E-state index in [4.69, 9.17) is 0 Å². The third kappa shape index (κ3) is 2.40. The van der Waals surface area contributed by atoms with Crippen LogP contribution in [0.2, 0.25) is 0 Å². The SMILES string of the molecule is O=C(NCC12CC3CC(CC(C3)C1)C2)c1cnc2ccccc2n1. The molecule has 4 heteroatoms. The largest absolute Gasteiger partial charge is 0.350 e. The molecule has 4 aliphatic rings. The number of nitrogens with one attached hydrogen (secondary N) is 1. The Hall–Kier alpha value is -1.97. The van der Waals surface area contributed by atoms with Gasteiger partial charge in [0.1, 0.15) is 5.69 Å². The van der Waals surface area contributed by atoms with Crippen molar-refractivity contribution in [2.75, 3.05) is 6.54 Å². The molecule has 4 saturated carbocycles. The van der Waals surface area contributed by atoms with E-state index in [0.717, 1.165) is 35.3 Å².